The van der Waals surface area contributed by atoms with Gasteiger partial charge in [-0.05, 0) is 67.5 Å². The van der Waals surface area contributed by atoms with E-state index in [1.54, 1.807) is 4.57 Å². The van der Waals surface area contributed by atoms with Gasteiger partial charge in [0.05, 0.1) is 12.1 Å². The molecule has 3 aromatic rings. The predicted molar refractivity (Wildman–Crippen MR) is 134 cm³/mol. The molecule has 1 saturated carbocycles. The van der Waals surface area contributed by atoms with Gasteiger partial charge in [0.15, 0.2) is 0 Å². The Morgan fingerprint density at radius 1 is 1.09 bits per heavy atom. The molecule has 33 heavy (non-hydrogen) atoms. The van der Waals surface area contributed by atoms with Gasteiger partial charge in [0.2, 0.25) is 5.91 Å². The molecular formula is C26H33N3O3S. The van der Waals surface area contributed by atoms with Gasteiger partial charge in [-0.15, -0.1) is 11.3 Å². The summed E-state index contributed by atoms with van der Waals surface area (Å²) in [6, 6.07) is 9.91. The van der Waals surface area contributed by atoms with Crippen molar-refractivity contribution < 1.29 is 4.79 Å². The van der Waals surface area contributed by atoms with Crippen molar-refractivity contribution in [1.29, 1.82) is 0 Å². The number of amides is 1. The standard InChI is InChI=1S/C26H33N3O3S/c1-3-4-14-27-24(30)20-11-9-19(10-12-20)16-29-25(31)23-22(13-15-33-23)28(26(29)32)17-21-8-6-5-7-18(21)2/h5-8,13,15,19-20H,3-4,9-12,14,16-17H2,1-2H3,(H,27,30). The van der Waals surface area contributed by atoms with Gasteiger partial charge in [-0.2, -0.15) is 0 Å². The SMILES string of the molecule is CCCCNC(=O)C1CCC(Cn2c(=O)c3sccc3n(Cc3ccccc3C)c2=O)CC1. The molecule has 7 heteroatoms. The second kappa shape index (κ2) is 10.5. The van der Waals surface area contributed by atoms with Gasteiger partial charge in [0.25, 0.3) is 5.56 Å². The van der Waals surface area contributed by atoms with Crippen LogP contribution < -0.4 is 16.6 Å². The number of nitrogens with zero attached hydrogens (tertiary/aromatic N) is 2. The van der Waals surface area contributed by atoms with Crippen molar-refractivity contribution >= 4 is 27.5 Å². The molecule has 1 amide bonds. The minimum absolute atomic E-state index is 0.0484. The second-order valence-corrected chi connectivity index (χ2v) is 10.1. The fourth-order valence-corrected chi connectivity index (χ4v) is 5.65. The van der Waals surface area contributed by atoms with Crippen LogP contribution in [0.5, 0.6) is 0 Å². The lowest BCUT2D eigenvalue weighted by molar-refractivity contribution is -0.126. The number of aryl methyl sites for hydroxylation is 1. The Balaban J connectivity index is 1.53. The number of unbranched alkanes of at least 4 members (excludes halogenated alkanes) is 1. The minimum Gasteiger partial charge on any atom is -0.356 e. The van der Waals surface area contributed by atoms with E-state index in [2.05, 4.69) is 12.2 Å². The number of benzene rings is 1. The van der Waals surface area contributed by atoms with Gasteiger partial charge < -0.3 is 5.32 Å². The van der Waals surface area contributed by atoms with Gasteiger partial charge in [-0.1, -0.05) is 37.6 Å². The summed E-state index contributed by atoms with van der Waals surface area (Å²) >= 11 is 1.40. The van der Waals surface area contributed by atoms with E-state index in [-0.39, 0.29) is 29.0 Å². The van der Waals surface area contributed by atoms with Crippen LogP contribution in [0.4, 0.5) is 0 Å². The van der Waals surface area contributed by atoms with Crippen LogP contribution in [0.15, 0.2) is 45.3 Å². The third kappa shape index (κ3) is 5.13. The lowest BCUT2D eigenvalue weighted by Crippen LogP contribution is -2.42. The lowest BCUT2D eigenvalue weighted by Gasteiger charge is -2.28. The summed E-state index contributed by atoms with van der Waals surface area (Å²) in [7, 11) is 0. The molecule has 1 fully saturated rings. The summed E-state index contributed by atoms with van der Waals surface area (Å²) in [6.07, 6.45) is 5.42. The maximum Gasteiger partial charge on any atom is 0.331 e. The van der Waals surface area contributed by atoms with Crippen LogP contribution in [0.3, 0.4) is 0 Å². The van der Waals surface area contributed by atoms with E-state index in [1.807, 2.05) is 42.6 Å². The molecule has 1 aliphatic rings. The number of hydrogen-bond donors (Lipinski definition) is 1. The van der Waals surface area contributed by atoms with Crippen LogP contribution in [-0.2, 0) is 17.9 Å². The number of fused-ring (bicyclic) bond motifs is 1. The Hall–Kier alpha value is -2.67. The Labute approximate surface area is 198 Å². The summed E-state index contributed by atoms with van der Waals surface area (Å²) in [5, 5.41) is 4.92. The van der Waals surface area contributed by atoms with Gasteiger partial charge in [0.1, 0.15) is 4.70 Å². The molecule has 1 aliphatic carbocycles. The third-order valence-corrected chi connectivity index (χ3v) is 7.81. The van der Waals surface area contributed by atoms with Crippen molar-refractivity contribution in [2.75, 3.05) is 6.54 Å². The zero-order valence-corrected chi connectivity index (χ0v) is 20.3. The minimum atomic E-state index is -0.242. The molecule has 0 aliphatic heterocycles. The molecule has 2 heterocycles. The number of rotatable bonds is 8. The molecule has 0 radical (unpaired) electrons. The molecule has 0 spiro atoms. The number of carbonyl (C=O) groups is 1. The smallest absolute Gasteiger partial charge is 0.331 e. The highest BCUT2D eigenvalue weighted by atomic mass is 32.1. The van der Waals surface area contributed by atoms with E-state index in [0.717, 1.165) is 56.2 Å². The highest BCUT2D eigenvalue weighted by Gasteiger charge is 2.27. The van der Waals surface area contributed by atoms with Crippen molar-refractivity contribution in [2.24, 2.45) is 11.8 Å². The van der Waals surface area contributed by atoms with Crippen LogP contribution in [0.25, 0.3) is 10.2 Å². The van der Waals surface area contributed by atoms with E-state index in [1.165, 1.54) is 15.9 Å². The average molecular weight is 468 g/mol. The molecule has 0 unspecified atom stereocenters. The van der Waals surface area contributed by atoms with E-state index >= 15 is 0 Å². The predicted octanol–water partition coefficient (Wildman–Crippen LogP) is 4.30. The van der Waals surface area contributed by atoms with Crippen LogP contribution in [0, 0.1) is 18.8 Å². The first-order valence-electron chi connectivity index (χ1n) is 12.0. The van der Waals surface area contributed by atoms with E-state index < -0.39 is 0 Å². The molecular weight excluding hydrogens is 434 g/mol. The summed E-state index contributed by atoms with van der Waals surface area (Å²) in [4.78, 5) is 39.0. The Morgan fingerprint density at radius 2 is 1.85 bits per heavy atom. The van der Waals surface area contributed by atoms with Gasteiger partial charge >= 0.3 is 5.69 Å². The molecule has 1 N–H and O–H groups in total. The van der Waals surface area contributed by atoms with E-state index in [9.17, 15) is 14.4 Å². The third-order valence-electron chi connectivity index (χ3n) is 6.91. The van der Waals surface area contributed by atoms with Crippen molar-refractivity contribution in [3.63, 3.8) is 0 Å². The fourth-order valence-electron chi connectivity index (χ4n) is 4.80. The Morgan fingerprint density at radius 3 is 2.58 bits per heavy atom. The van der Waals surface area contributed by atoms with Gasteiger partial charge in [-0.3, -0.25) is 18.7 Å². The first-order valence-corrected chi connectivity index (χ1v) is 12.9. The molecule has 2 aromatic heterocycles. The summed E-state index contributed by atoms with van der Waals surface area (Å²) in [5.41, 5.74) is 2.48. The zero-order valence-electron chi connectivity index (χ0n) is 19.5. The number of thiophene rings is 1. The van der Waals surface area contributed by atoms with Crippen LogP contribution in [0.1, 0.15) is 56.6 Å². The van der Waals surface area contributed by atoms with Crippen LogP contribution in [0.2, 0.25) is 0 Å². The Bertz CT molecular complexity index is 1230. The second-order valence-electron chi connectivity index (χ2n) is 9.21. The van der Waals surface area contributed by atoms with Gasteiger partial charge in [0, 0.05) is 19.0 Å². The molecule has 0 atom stereocenters. The summed E-state index contributed by atoms with van der Waals surface area (Å²) < 4.78 is 3.80. The maximum atomic E-state index is 13.5. The number of nitrogens with one attached hydrogen (secondary N) is 1. The Kier molecular flexibility index (Phi) is 7.48. The molecule has 0 bridgehead atoms. The van der Waals surface area contributed by atoms with Crippen LogP contribution in [-0.4, -0.2) is 21.6 Å². The zero-order chi connectivity index (χ0) is 23.4. The lowest BCUT2D eigenvalue weighted by atomic mass is 9.81. The molecule has 1 aromatic carbocycles. The van der Waals surface area contributed by atoms with Crippen molar-refractivity contribution in [3.8, 4) is 0 Å². The van der Waals surface area contributed by atoms with Gasteiger partial charge in [-0.25, -0.2) is 4.79 Å². The topological polar surface area (TPSA) is 73.1 Å². The van der Waals surface area contributed by atoms with Crippen molar-refractivity contribution in [2.45, 2.75) is 65.5 Å². The normalized spacial score (nSPS) is 18.5. The first kappa shape index (κ1) is 23.5. The first-order chi connectivity index (χ1) is 16.0. The highest BCUT2D eigenvalue weighted by molar-refractivity contribution is 7.17. The average Bonchev–Trinajstić information content (AvgIpc) is 3.31. The monoisotopic (exact) mass is 467 g/mol. The number of hydrogen-bond acceptors (Lipinski definition) is 4. The quantitative estimate of drug-likeness (QED) is 0.502. The molecule has 6 nitrogen and oxygen atoms in total. The number of aromatic nitrogens is 2. The number of carbonyl (C=O) groups excluding carboxylic acids is 1. The molecule has 176 valence electrons. The summed E-state index contributed by atoms with van der Waals surface area (Å²) in [5.74, 6) is 0.436. The van der Waals surface area contributed by atoms with Crippen molar-refractivity contribution in [1.82, 2.24) is 14.5 Å². The van der Waals surface area contributed by atoms with Crippen molar-refractivity contribution in [3.05, 3.63) is 67.7 Å². The molecule has 0 saturated heterocycles. The molecule has 4 rings (SSSR count). The van der Waals surface area contributed by atoms with E-state index in [0.29, 0.717) is 23.3 Å². The maximum absolute atomic E-state index is 13.5. The summed E-state index contributed by atoms with van der Waals surface area (Å²) in [6.45, 7) is 5.76. The van der Waals surface area contributed by atoms with Crippen LogP contribution >= 0.6 is 11.3 Å². The largest absolute Gasteiger partial charge is 0.356 e. The van der Waals surface area contributed by atoms with E-state index in [4.69, 9.17) is 0 Å². The fraction of sp³-hybridized carbons (Fsp3) is 0.500. The highest BCUT2D eigenvalue weighted by Crippen LogP contribution is 2.30.